The van der Waals surface area contributed by atoms with Crippen LogP contribution in [0.15, 0.2) is 72.9 Å². The van der Waals surface area contributed by atoms with Gasteiger partial charge in [-0.25, -0.2) is 4.79 Å². The number of aliphatic hydroxyl groups excluding tert-OH is 2. The molecule has 1 rings (SSSR count). The Hall–Kier alpha value is -3.84. The number of hydrogen-bond acceptors (Lipinski definition) is 11. The fourth-order valence-corrected chi connectivity index (χ4v) is 9.44. The van der Waals surface area contributed by atoms with Crippen molar-refractivity contribution in [3.8, 4) is 0 Å². The zero-order valence-electron chi connectivity index (χ0n) is 50.1. The number of carboxylic acid groups (broad SMARTS) is 1. The van der Waals surface area contributed by atoms with Crippen LogP contribution in [0, 0.1) is 0 Å². The SMILES string of the molecule is CC/C=C\C/C=C\C/C=C\C/C=C\C/C=C\CC(=O)OC1C(OCC(COC(=O)CCCCCCCCCCC/C=C\CCCCCCCC)OC(=O)CCCCCCCCCCCCCCCCC)OC(C(=O)O)C(O)C1O. The van der Waals surface area contributed by atoms with E-state index in [2.05, 4.69) is 69.4 Å². The first-order valence-electron chi connectivity index (χ1n) is 31.9. The van der Waals surface area contributed by atoms with Crippen LogP contribution in [0.4, 0.5) is 0 Å². The largest absolute Gasteiger partial charge is 0.479 e. The zero-order valence-corrected chi connectivity index (χ0v) is 50.1. The van der Waals surface area contributed by atoms with Gasteiger partial charge in [-0.3, -0.25) is 14.4 Å². The average Bonchev–Trinajstić information content (AvgIpc) is 3.44. The summed E-state index contributed by atoms with van der Waals surface area (Å²) in [6, 6.07) is 0. The number of allylic oxidation sites excluding steroid dienone is 11. The van der Waals surface area contributed by atoms with Crippen LogP contribution < -0.4 is 0 Å². The van der Waals surface area contributed by atoms with Gasteiger partial charge in [-0.05, 0) is 70.6 Å². The van der Waals surface area contributed by atoms with E-state index in [0.717, 1.165) is 64.2 Å². The maximum absolute atomic E-state index is 13.2. The molecule has 1 fully saturated rings. The highest BCUT2D eigenvalue weighted by Gasteiger charge is 2.50. The predicted octanol–water partition coefficient (Wildman–Crippen LogP) is 16.9. The number of carboxylic acids is 1. The summed E-state index contributed by atoms with van der Waals surface area (Å²) in [6.07, 6.45) is 57.5. The molecule has 6 atom stereocenters. The van der Waals surface area contributed by atoms with Crippen molar-refractivity contribution in [2.24, 2.45) is 0 Å². The Kier molecular flexibility index (Phi) is 50.7. The lowest BCUT2D eigenvalue weighted by molar-refractivity contribution is -0.301. The molecule has 3 N–H and O–H groups in total. The maximum Gasteiger partial charge on any atom is 0.335 e. The molecule has 1 aliphatic rings. The molecule has 1 heterocycles. The quantitative estimate of drug-likeness (QED) is 0.0228. The summed E-state index contributed by atoms with van der Waals surface area (Å²) in [4.78, 5) is 51.2. The molecule has 12 nitrogen and oxygen atoms in total. The number of aliphatic hydroxyl groups is 2. The molecule has 79 heavy (non-hydrogen) atoms. The van der Waals surface area contributed by atoms with Crippen molar-refractivity contribution in [1.82, 2.24) is 0 Å². The van der Waals surface area contributed by atoms with E-state index in [1.807, 2.05) is 12.2 Å². The smallest absolute Gasteiger partial charge is 0.335 e. The van der Waals surface area contributed by atoms with Crippen molar-refractivity contribution in [2.45, 2.75) is 314 Å². The normalized spacial score (nSPS) is 18.3. The molecule has 0 aromatic heterocycles. The molecule has 1 saturated heterocycles. The third kappa shape index (κ3) is 44.5. The first-order chi connectivity index (χ1) is 38.6. The van der Waals surface area contributed by atoms with Crippen LogP contribution in [0.25, 0.3) is 0 Å². The molecular weight excluding hydrogens is 997 g/mol. The van der Waals surface area contributed by atoms with Crippen LogP contribution in [-0.4, -0.2) is 89.2 Å². The van der Waals surface area contributed by atoms with E-state index in [4.69, 9.17) is 23.7 Å². The lowest BCUT2D eigenvalue weighted by Gasteiger charge is -2.40. The second-order valence-electron chi connectivity index (χ2n) is 21.7. The van der Waals surface area contributed by atoms with Crippen LogP contribution in [0.2, 0.25) is 0 Å². The molecule has 0 aromatic carbocycles. The Balaban J connectivity index is 2.69. The maximum atomic E-state index is 13.2. The summed E-state index contributed by atoms with van der Waals surface area (Å²) < 4.78 is 28.4. The van der Waals surface area contributed by atoms with Crippen LogP contribution in [-0.2, 0) is 42.9 Å². The summed E-state index contributed by atoms with van der Waals surface area (Å²) >= 11 is 0. The van der Waals surface area contributed by atoms with E-state index in [1.54, 1.807) is 12.2 Å². The van der Waals surface area contributed by atoms with Gasteiger partial charge >= 0.3 is 23.9 Å². The minimum Gasteiger partial charge on any atom is -0.479 e. The van der Waals surface area contributed by atoms with Crippen LogP contribution in [0.1, 0.15) is 278 Å². The Bertz CT molecular complexity index is 1650. The second kappa shape index (κ2) is 54.7. The summed E-state index contributed by atoms with van der Waals surface area (Å²) in [5.41, 5.74) is 0. The highest BCUT2D eigenvalue weighted by molar-refractivity contribution is 5.74. The van der Waals surface area contributed by atoms with Crippen molar-refractivity contribution in [3.05, 3.63) is 72.9 Å². The van der Waals surface area contributed by atoms with E-state index >= 15 is 0 Å². The van der Waals surface area contributed by atoms with Gasteiger partial charge in [0.2, 0.25) is 0 Å². The van der Waals surface area contributed by atoms with E-state index < -0.39 is 67.3 Å². The number of esters is 3. The summed E-state index contributed by atoms with van der Waals surface area (Å²) in [7, 11) is 0. The molecule has 0 spiro atoms. The number of aliphatic carboxylic acids is 1. The molecule has 6 unspecified atom stereocenters. The van der Waals surface area contributed by atoms with Crippen molar-refractivity contribution in [1.29, 1.82) is 0 Å². The third-order valence-corrected chi connectivity index (χ3v) is 14.3. The highest BCUT2D eigenvalue weighted by atomic mass is 16.7. The van der Waals surface area contributed by atoms with Gasteiger partial charge in [0, 0.05) is 12.8 Å². The van der Waals surface area contributed by atoms with Gasteiger partial charge in [-0.15, -0.1) is 0 Å². The molecule has 0 aliphatic carbocycles. The molecular formula is C67H114O12. The fraction of sp³-hybridized carbons (Fsp3) is 0.761. The average molecular weight is 1110 g/mol. The van der Waals surface area contributed by atoms with E-state index in [0.29, 0.717) is 19.3 Å². The molecule has 1 aliphatic heterocycles. The number of unbranched alkanes of at least 4 members (excludes halogenated alkanes) is 29. The van der Waals surface area contributed by atoms with Gasteiger partial charge in [-0.1, -0.05) is 261 Å². The van der Waals surface area contributed by atoms with Crippen LogP contribution >= 0.6 is 0 Å². The molecule has 0 bridgehead atoms. The fourth-order valence-electron chi connectivity index (χ4n) is 9.44. The first kappa shape index (κ1) is 73.2. The number of carbonyl (C=O) groups excluding carboxylic acids is 3. The molecule has 12 heteroatoms. The van der Waals surface area contributed by atoms with Crippen LogP contribution in [0.5, 0.6) is 0 Å². The summed E-state index contributed by atoms with van der Waals surface area (Å²) in [5, 5.41) is 31.5. The van der Waals surface area contributed by atoms with Crippen molar-refractivity contribution in [2.75, 3.05) is 13.2 Å². The minimum absolute atomic E-state index is 0.154. The van der Waals surface area contributed by atoms with Crippen LogP contribution in [0.3, 0.4) is 0 Å². The number of rotatable bonds is 54. The topological polar surface area (TPSA) is 175 Å². The third-order valence-electron chi connectivity index (χ3n) is 14.3. The van der Waals surface area contributed by atoms with Crippen molar-refractivity contribution < 1.29 is 58.2 Å². The van der Waals surface area contributed by atoms with Gasteiger partial charge in [0.25, 0.3) is 0 Å². The summed E-state index contributed by atoms with van der Waals surface area (Å²) in [5.74, 6) is -3.27. The Morgan fingerprint density at radius 1 is 0.443 bits per heavy atom. The molecule has 0 amide bonds. The number of carbonyl (C=O) groups is 4. The molecule has 0 aromatic rings. The van der Waals surface area contributed by atoms with E-state index in [1.165, 1.54) is 154 Å². The van der Waals surface area contributed by atoms with Crippen molar-refractivity contribution >= 4 is 23.9 Å². The van der Waals surface area contributed by atoms with Gasteiger partial charge in [0.1, 0.15) is 18.8 Å². The summed E-state index contributed by atoms with van der Waals surface area (Å²) in [6.45, 7) is 5.86. The van der Waals surface area contributed by atoms with Crippen molar-refractivity contribution in [3.63, 3.8) is 0 Å². The Morgan fingerprint density at radius 3 is 1.27 bits per heavy atom. The Morgan fingerprint density at radius 2 is 0.835 bits per heavy atom. The molecule has 454 valence electrons. The lowest BCUT2D eigenvalue weighted by atomic mass is 9.98. The second-order valence-corrected chi connectivity index (χ2v) is 21.7. The Labute approximate surface area is 480 Å². The van der Waals surface area contributed by atoms with Gasteiger partial charge in [-0.2, -0.15) is 0 Å². The lowest BCUT2D eigenvalue weighted by Crippen LogP contribution is -2.61. The first-order valence-corrected chi connectivity index (χ1v) is 31.9. The van der Waals surface area contributed by atoms with Gasteiger partial charge < -0.3 is 39.0 Å². The zero-order chi connectivity index (χ0) is 57.5. The van der Waals surface area contributed by atoms with Gasteiger partial charge in [0.05, 0.1) is 13.0 Å². The van der Waals surface area contributed by atoms with Gasteiger partial charge in [0.15, 0.2) is 24.6 Å². The minimum atomic E-state index is -1.93. The highest BCUT2D eigenvalue weighted by Crippen LogP contribution is 2.26. The number of hydrogen-bond donors (Lipinski definition) is 3. The molecule has 0 saturated carbocycles. The molecule has 0 radical (unpaired) electrons. The van der Waals surface area contributed by atoms with E-state index in [9.17, 15) is 34.5 Å². The number of ether oxygens (including phenoxy) is 5. The standard InChI is InChI=1S/C67H114O12/c1-4-7-10-13-16-19-22-25-28-29-30-31-34-35-38-41-44-47-50-53-59(68)75-56-58(77-60(69)54-51-48-45-42-39-36-32-26-23-20-17-14-11-8-5-2)57-76-67-65(63(72)62(71)64(79-67)66(73)74)78-61(70)55-52-49-46-43-40-37-33-27-24-21-18-15-12-9-6-3/h9,12,18,21,25,27-28,33,40,43,49,52,58,62-65,67,71-72H,4-8,10-11,13-17,19-20,22-24,26,29-32,34-39,41-42,44-48,50-51,53-57H2,1-3H3,(H,73,74)/b12-9-,21-18-,28-25-,33-27-,43-40-,52-49-. The monoisotopic (exact) mass is 1110 g/mol. The van der Waals surface area contributed by atoms with E-state index in [-0.39, 0.29) is 25.9 Å². The predicted molar refractivity (Wildman–Crippen MR) is 322 cm³/mol.